The minimum absolute atomic E-state index is 0.149. The lowest BCUT2D eigenvalue weighted by Gasteiger charge is -2.05. The number of nitrogens with zero attached hydrogens (tertiary/aromatic N) is 2. The van der Waals surface area contributed by atoms with Gasteiger partial charge >= 0.3 is 0 Å². The van der Waals surface area contributed by atoms with E-state index in [-0.39, 0.29) is 16.3 Å². The molecule has 1 amide bonds. The maximum Gasteiger partial charge on any atom is 0.279 e. The Morgan fingerprint density at radius 3 is 2.64 bits per heavy atom. The summed E-state index contributed by atoms with van der Waals surface area (Å²) < 4.78 is 15.4. The number of hydrogen-bond acceptors (Lipinski definition) is 4. The Bertz CT molecular complexity index is 1210. The summed E-state index contributed by atoms with van der Waals surface area (Å²) in [5.41, 5.74) is 0.757. The first-order chi connectivity index (χ1) is 12.0. The Hall–Kier alpha value is -2.35. The molecule has 124 valence electrons. The third kappa shape index (κ3) is 2.60. The number of aromatic hydroxyl groups is 1. The monoisotopic (exact) mass is 390 g/mol. The van der Waals surface area contributed by atoms with Crippen molar-refractivity contribution in [3.8, 4) is 11.6 Å². The van der Waals surface area contributed by atoms with E-state index in [1.165, 1.54) is 22.8 Å². The van der Waals surface area contributed by atoms with Crippen molar-refractivity contribution < 1.29 is 14.3 Å². The first kappa shape index (κ1) is 16.1. The van der Waals surface area contributed by atoms with Crippen molar-refractivity contribution in [2.45, 2.75) is 0 Å². The zero-order valence-electron chi connectivity index (χ0n) is 12.4. The maximum atomic E-state index is 13.6. The molecule has 4 rings (SSSR count). The molecule has 4 nitrogen and oxygen atoms in total. The van der Waals surface area contributed by atoms with Crippen LogP contribution < -0.4 is 10.6 Å². The number of halogens is 2. The number of benzene rings is 2. The molecule has 1 N–H and O–H groups in total. The molecule has 0 saturated carbocycles. The first-order valence-electron chi connectivity index (χ1n) is 7.10. The fourth-order valence-electron chi connectivity index (χ4n) is 2.65. The van der Waals surface area contributed by atoms with Gasteiger partial charge in [0.1, 0.15) is 10.7 Å². The summed E-state index contributed by atoms with van der Waals surface area (Å²) >= 11 is 12.3. The summed E-state index contributed by atoms with van der Waals surface area (Å²) in [6.45, 7) is 0. The third-order valence-electron chi connectivity index (χ3n) is 3.76. The standard InChI is InChI=1S/C17H8ClFN2O2S2/c18-8-1-4-10(5-2-8)21-16(23)14(25-17(21)24)13-11-7-9(19)3-6-12(11)20-15(13)22/h1-7,23H. The van der Waals surface area contributed by atoms with E-state index in [1.54, 1.807) is 24.3 Å². The van der Waals surface area contributed by atoms with Gasteiger partial charge in [0.25, 0.3) is 5.91 Å². The summed E-state index contributed by atoms with van der Waals surface area (Å²) in [6.07, 6.45) is 0. The second kappa shape index (κ2) is 5.87. The summed E-state index contributed by atoms with van der Waals surface area (Å²) in [4.78, 5) is 16.5. The molecule has 3 aromatic rings. The highest BCUT2D eigenvalue weighted by molar-refractivity contribution is 7.73. The van der Waals surface area contributed by atoms with Crippen LogP contribution in [-0.4, -0.2) is 15.6 Å². The van der Waals surface area contributed by atoms with Crippen molar-refractivity contribution in [1.29, 1.82) is 0 Å². The lowest BCUT2D eigenvalue weighted by atomic mass is 10.1. The third-order valence-corrected chi connectivity index (χ3v) is 5.40. The quantitative estimate of drug-likeness (QED) is 0.684. The minimum atomic E-state index is -0.532. The van der Waals surface area contributed by atoms with Crippen LogP contribution in [0.25, 0.3) is 11.3 Å². The number of carbonyl (C=O) groups is 1. The smallest absolute Gasteiger partial charge is 0.279 e. The molecular formula is C17H8ClFN2O2S2. The number of hydrogen-bond donors (Lipinski definition) is 1. The second-order valence-corrected chi connectivity index (χ2v) is 7.37. The highest BCUT2D eigenvalue weighted by atomic mass is 35.5. The van der Waals surface area contributed by atoms with Crippen LogP contribution >= 0.6 is 35.2 Å². The lowest BCUT2D eigenvalue weighted by Crippen LogP contribution is -2.23. The molecule has 0 atom stereocenters. The minimum Gasteiger partial charge on any atom is -0.493 e. The second-order valence-electron chi connectivity index (χ2n) is 5.29. The van der Waals surface area contributed by atoms with Crippen molar-refractivity contribution in [2.24, 2.45) is 4.99 Å². The fourth-order valence-corrected chi connectivity index (χ4v) is 4.16. The van der Waals surface area contributed by atoms with Crippen molar-refractivity contribution in [2.75, 3.05) is 0 Å². The van der Waals surface area contributed by atoms with Gasteiger partial charge in [0.05, 0.1) is 16.6 Å². The molecule has 8 heteroatoms. The molecule has 0 spiro atoms. The maximum absolute atomic E-state index is 13.6. The molecule has 25 heavy (non-hydrogen) atoms. The number of fused-ring (bicyclic) bond motifs is 1. The molecular weight excluding hydrogens is 383 g/mol. The van der Waals surface area contributed by atoms with E-state index in [0.29, 0.717) is 25.2 Å². The van der Waals surface area contributed by atoms with Gasteiger partial charge in [0.2, 0.25) is 5.88 Å². The predicted molar refractivity (Wildman–Crippen MR) is 95.9 cm³/mol. The van der Waals surface area contributed by atoms with Crippen molar-refractivity contribution >= 4 is 46.6 Å². The number of rotatable bonds is 2. The molecule has 0 fully saturated rings. The molecule has 0 saturated heterocycles. The Labute approximate surface area is 154 Å². The molecule has 1 aliphatic rings. The van der Waals surface area contributed by atoms with Crippen LogP contribution in [0.4, 0.5) is 4.39 Å². The molecule has 0 unspecified atom stereocenters. The normalized spacial score (nSPS) is 13.0. The number of amides is 1. The van der Waals surface area contributed by atoms with E-state index in [9.17, 15) is 14.3 Å². The molecule has 1 aromatic heterocycles. The number of carbonyl (C=O) groups excluding carboxylic acids is 1. The Balaban J connectivity index is 2.00. The summed E-state index contributed by atoms with van der Waals surface area (Å²) in [7, 11) is 0. The fraction of sp³-hybridized carbons (Fsp3) is 0. The number of thiazole rings is 1. The average molecular weight is 391 g/mol. The molecule has 2 aromatic carbocycles. The van der Waals surface area contributed by atoms with Crippen LogP contribution in [0.1, 0.15) is 4.88 Å². The van der Waals surface area contributed by atoms with Crippen LogP contribution in [0.5, 0.6) is 5.88 Å². The van der Waals surface area contributed by atoms with E-state index in [1.807, 2.05) is 0 Å². The van der Waals surface area contributed by atoms with Gasteiger partial charge in [-0.15, -0.1) is 11.3 Å². The molecule has 0 bridgehead atoms. The van der Waals surface area contributed by atoms with Gasteiger partial charge in [-0.05, 0) is 54.7 Å². The Kier molecular flexibility index (Phi) is 3.79. The average Bonchev–Trinajstić information content (AvgIpc) is 3.04. The van der Waals surface area contributed by atoms with E-state index in [2.05, 4.69) is 4.99 Å². The van der Waals surface area contributed by atoms with Crippen molar-refractivity contribution in [1.82, 2.24) is 4.57 Å². The van der Waals surface area contributed by atoms with Gasteiger partial charge in [-0.25, -0.2) is 9.38 Å². The molecule has 2 heterocycles. The van der Waals surface area contributed by atoms with Gasteiger partial charge in [0, 0.05) is 10.2 Å². The van der Waals surface area contributed by atoms with Gasteiger partial charge in [0.15, 0.2) is 3.95 Å². The molecule has 1 aliphatic heterocycles. The summed E-state index contributed by atoms with van der Waals surface area (Å²) in [6, 6.07) is 10.6. The van der Waals surface area contributed by atoms with Crippen LogP contribution in [0.2, 0.25) is 5.02 Å². The van der Waals surface area contributed by atoms with E-state index in [4.69, 9.17) is 23.8 Å². The zero-order valence-corrected chi connectivity index (χ0v) is 14.8. The van der Waals surface area contributed by atoms with Gasteiger partial charge in [-0.2, -0.15) is 0 Å². The van der Waals surface area contributed by atoms with Gasteiger partial charge in [-0.1, -0.05) is 11.6 Å². The van der Waals surface area contributed by atoms with E-state index < -0.39 is 11.7 Å². The predicted octanol–water partition coefficient (Wildman–Crippen LogP) is 3.13. The van der Waals surface area contributed by atoms with Gasteiger partial charge in [-0.3, -0.25) is 9.36 Å². The van der Waals surface area contributed by atoms with Crippen molar-refractivity contribution in [3.05, 3.63) is 72.7 Å². The van der Waals surface area contributed by atoms with E-state index in [0.717, 1.165) is 11.3 Å². The summed E-state index contributed by atoms with van der Waals surface area (Å²) in [5.74, 6) is -1.20. The SMILES string of the molecule is O=C1N=c2ccc(F)cc2=C1c1sc(=S)n(-c2ccc(Cl)cc2)c1O. The van der Waals surface area contributed by atoms with Crippen LogP contribution in [0.15, 0.2) is 47.5 Å². The van der Waals surface area contributed by atoms with Crippen LogP contribution in [0, 0.1) is 9.77 Å². The van der Waals surface area contributed by atoms with Crippen LogP contribution in [0.3, 0.4) is 0 Å². The van der Waals surface area contributed by atoms with E-state index >= 15 is 0 Å². The first-order valence-corrected chi connectivity index (χ1v) is 8.70. The largest absolute Gasteiger partial charge is 0.493 e. The number of aromatic nitrogens is 1. The van der Waals surface area contributed by atoms with Crippen molar-refractivity contribution in [3.63, 3.8) is 0 Å². The highest BCUT2D eigenvalue weighted by Crippen LogP contribution is 2.35. The highest BCUT2D eigenvalue weighted by Gasteiger charge is 2.25. The van der Waals surface area contributed by atoms with Crippen LogP contribution in [-0.2, 0) is 4.79 Å². The zero-order chi connectivity index (χ0) is 17.7. The Morgan fingerprint density at radius 2 is 1.92 bits per heavy atom. The Morgan fingerprint density at radius 1 is 1.20 bits per heavy atom. The summed E-state index contributed by atoms with van der Waals surface area (Å²) in [5, 5.41) is 11.9. The molecule has 0 radical (unpaired) electrons. The molecule has 0 aliphatic carbocycles. The van der Waals surface area contributed by atoms with Gasteiger partial charge < -0.3 is 5.11 Å². The topological polar surface area (TPSA) is 54.6 Å². The lowest BCUT2D eigenvalue weighted by molar-refractivity contribution is -0.112.